The van der Waals surface area contributed by atoms with Crippen LogP contribution in [-0.4, -0.2) is 22.7 Å². The van der Waals surface area contributed by atoms with E-state index in [0.29, 0.717) is 19.8 Å². The topological polar surface area (TPSA) is 27.7 Å². The van der Waals surface area contributed by atoms with Crippen molar-refractivity contribution in [2.75, 3.05) is 13.2 Å². The molecule has 0 fully saturated rings. The summed E-state index contributed by atoms with van der Waals surface area (Å²) in [6, 6.07) is 8.31. The van der Waals surface area contributed by atoms with Crippen LogP contribution in [0.3, 0.4) is 0 Å². The third-order valence-electron chi connectivity index (χ3n) is 2.37. The Kier molecular flexibility index (Phi) is 7.12. The average molecular weight is 253 g/mol. The molecule has 0 amide bonds. The number of aryl methyl sites for hydroxylation is 1. The van der Waals surface area contributed by atoms with E-state index in [4.69, 9.17) is 13.3 Å². The minimum Gasteiger partial charge on any atom is -0.371 e. The molecule has 0 N–H and O–H groups in total. The highest BCUT2D eigenvalue weighted by Crippen LogP contribution is 2.11. The molecule has 0 aliphatic heterocycles. The van der Waals surface area contributed by atoms with Gasteiger partial charge in [-0.25, -0.2) is 0 Å². The van der Waals surface area contributed by atoms with Gasteiger partial charge in [0, 0.05) is 13.2 Å². The molecule has 17 heavy (non-hydrogen) atoms. The predicted molar refractivity (Wildman–Crippen MR) is 69.6 cm³/mol. The maximum absolute atomic E-state index is 5.71. The van der Waals surface area contributed by atoms with E-state index in [9.17, 15) is 0 Å². The molecule has 3 nitrogen and oxygen atoms in total. The second-order valence-electron chi connectivity index (χ2n) is 3.53. The molecule has 1 aromatic rings. The van der Waals surface area contributed by atoms with Gasteiger partial charge in [-0.2, -0.15) is 0 Å². The van der Waals surface area contributed by atoms with Crippen LogP contribution in [0.25, 0.3) is 0 Å². The van der Waals surface area contributed by atoms with Gasteiger partial charge >= 0.3 is 9.53 Å². The Hall–Kier alpha value is -0.683. The van der Waals surface area contributed by atoms with E-state index < -0.39 is 9.53 Å². The molecule has 0 unspecified atom stereocenters. The first-order chi connectivity index (χ1) is 8.31. The molecule has 0 heterocycles. The molecule has 4 heteroatoms. The van der Waals surface area contributed by atoms with E-state index in [1.807, 2.05) is 19.9 Å². The highest BCUT2D eigenvalue weighted by Gasteiger charge is 2.18. The zero-order valence-corrected chi connectivity index (χ0v) is 11.9. The largest absolute Gasteiger partial charge is 0.578 e. The molecule has 1 aromatic carbocycles. The van der Waals surface area contributed by atoms with Gasteiger partial charge in [0.25, 0.3) is 0 Å². The van der Waals surface area contributed by atoms with Crippen molar-refractivity contribution < 1.29 is 13.3 Å². The first-order valence-electron chi connectivity index (χ1n) is 6.13. The highest BCUT2D eigenvalue weighted by molar-refractivity contribution is 6.36. The molecule has 0 aromatic heterocycles. The van der Waals surface area contributed by atoms with Crippen LogP contribution in [0.5, 0.6) is 0 Å². The fourth-order valence-electron chi connectivity index (χ4n) is 1.54. The summed E-state index contributed by atoms with van der Waals surface area (Å²) in [5.41, 5.74) is 2.54. The van der Waals surface area contributed by atoms with Crippen molar-refractivity contribution in [3.05, 3.63) is 35.4 Å². The van der Waals surface area contributed by atoms with Gasteiger partial charge in [0.15, 0.2) is 0 Å². The molecule has 0 aliphatic rings. The molecule has 1 radical (unpaired) electrons. The zero-order valence-electron chi connectivity index (χ0n) is 10.9. The number of hydrogen-bond donors (Lipinski definition) is 0. The van der Waals surface area contributed by atoms with Gasteiger partial charge in [0.1, 0.15) is 0 Å². The summed E-state index contributed by atoms with van der Waals surface area (Å²) in [4.78, 5) is 0. The van der Waals surface area contributed by atoms with E-state index in [1.54, 1.807) is 0 Å². The van der Waals surface area contributed by atoms with Crippen LogP contribution in [0.2, 0.25) is 0 Å². The Balaban J connectivity index is 2.52. The van der Waals surface area contributed by atoms with E-state index in [-0.39, 0.29) is 0 Å². The van der Waals surface area contributed by atoms with Gasteiger partial charge < -0.3 is 13.3 Å². The van der Waals surface area contributed by atoms with Gasteiger partial charge in [-0.05, 0) is 31.4 Å². The zero-order chi connectivity index (χ0) is 12.5. The summed E-state index contributed by atoms with van der Waals surface area (Å²) in [7, 11) is -1.57. The van der Waals surface area contributed by atoms with E-state index >= 15 is 0 Å². The quantitative estimate of drug-likeness (QED) is 0.667. The molecule has 0 spiro atoms. The fourth-order valence-corrected chi connectivity index (χ4v) is 2.54. The van der Waals surface area contributed by atoms with Gasteiger partial charge in [0.05, 0.1) is 6.61 Å². The van der Waals surface area contributed by atoms with Gasteiger partial charge in [-0.15, -0.1) is 0 Å². The monoisotopic (exact) mass is 253 g/mol. The lowest BCUT2D eigenvalue weighted by atomic mass is 10.1. The van der Waals surface area contributed by atoms with Crippen LogP contribution in [0.1, 0.15) is 31.9 Å². The van der Waals surface area contributed by atoms with Crippen molar-refractivity contribution >= 4 is 9.53 Å². The lowest BCUT2D eigenvalue weighted by molar-refractivity contribution is 0.0959. The molecular weight excluding hydrogens is 232 g/mol. The molecule has 0 aliphatic carbocycles. The molecule has 0 atom stereocenters. The number of rotatable bonds is 8. The van der Waals surface area contributed by atoms with Crippen molar-refractivity contribution in [1.82, 2.24) is 0 Å². The average Bonchev–Trinajstić information content (AvgIpc) is 2.37. The van der Waals surface area contributed by atoms with E-state index in [2.05, 4.69) is 25.1 Å². The minimum atomic E-state index is -1.57. The van der Waals surface area contributed by atoms with Crippen molar-refractivity contribution in [3.63, 3.8) is 0 Å². The third kappa shape index (κ3) is 5.00. The standard InChI is InChI=1S/C13H21O3Si/c1-4-12-9-7-8-10-13(12)11-16-17(14-5-2)15-6-3/h7-10H,4-6,11H2,1-3H3. The van der Waals surface area contributed by atoms with E-state index in [0.717, 1.165) is 6.42 Å². The number of hydrogen-bond acceptors (Lipinski definition) is 3. The lowest BCUT2D eigenvalue weighted by Gasteiger charge is -2.14. The molecule has 95 valence electrons. The van der Waals surface area contributed by atoms with Crippen LogP contribution in [0.15, 0.2) is 24.3 Å². The lowest BCUT2D eigenvalue weighted by Crippen LogP contribution is -2.27. The second kappa shape index (κ2) is 8.41. The Morgan fingerprint density at radius 2 is 1.47 bits per heavy atom. The Bertz CT molecular complexity index is 311. The highest BCUT2D eigenvalue weighted by atomic mass is 28.3. The Labute approximate surface area is 106 Å². The Morgan fingerprint density at radius 1 is 0.882 bits per heavy atom. The number of benzene rings is 1. The Morgan fingerprint density at radius 3 is 2.00 bits per heavy atom. The van der Waals surface area contributed by atoms with E-state index in [1.165, 1.54) is 11.1 Å². The van der Waals surface area contributed by atoms with Crippen LogP contribution >= 0.6 is 0 Å². The van der Waals surface area contributed by atoms with Gasteiger partial charge in [-0.1, -0.05) is 31.2 Å². The van der Waals surface area contributed by atoms with Crippen molar-refractivity contribution in [1.29, 1.82) is 0 Å². The normalized spacial score (nSPS) is 11.1. The smallest absolute Gasteiger partial charge is 0.371 e. The molecule has 0 saturated carbocycles. The maximum atomic E-state index is 5.71. The summed E-state index contributed by atoms with van der Waals surface area (Å²) < 4.78 is 16.6. The third-order valence-corrected chi connectivity index (χ3v) is 3.80. The summed E-state index contributed by atoms with van der Waals surface area (Å²) in [5.74, 6) is 0. The van der Waals surface area contributed by atoms with Crippen LogP contribution in [-0.2, 0) is 26.3 Å². The van der Waals surface area contributed by atoms with Crippen LogP contribution < -0.4 is 0 Å². The predicted octanol–water partition coefficient (Wildman–Crippen LogP) is 2.82. The first-order valence-corrected chi connectivity index (χ1v) is 7.36. The summed E-state index contributed by atoms with van der Waals surface area (Å²) >= 11 is 0. The van der Waals surface area contributed by atoms with Crippen molar-refractivity contribution in [2.45, 2.75) is 33.8 Å². The second-order valence-corrected chi connectivity index (χ2v) is 4.89. The maximum Gasteiger partial charge on any atom is 0.578 e. The van der Waals surface area contributed by atoms with Crippen LogP contribution in [0, 0.1) is 0 Å². The molecule has 1 rings (SSSR count). The first kappa shape index (κ1) is 14.4. The summed E-state index contributed by atoms with van der Waals surface area (Å²) in [5, 5.41) is 0. The van der Waals surface area contributed by atoms with Gasteiger partial charge in [0.2, 0.25) is 0 Å². The molecule has 0 bridgehead atoms. The summed E-state index contributed by atoms with van der Waals surface area (Å²) in [6.45, 7) is 7.88. The molecule has 0 saturated heterocycles. The van der Waals surface area contributed by atoms with Crippen molar-refractivity contribution in [3.8, 4) is 0 Å². The molecular formula is C13H21O3Si. The van der Waals surface area contributed by atoms with Gasteiger partial charge in [-0.3, -0.25) is 0 Å². The minimum absolute atomic E-state index is 0.568. The fraction of sp³-hybridized carbons (Fsp3) is 0.538. The van der Waals surface area contributed by atoms with Crippen molar-refractivity contribution in [2.24, 2.45) is 0 Å². The summed E-state index contributed by atoms with van der Waals surface area (Å²) in [6.07, 6.45) is 1.02. The van der Waals surface area contributed by atoms with Crippen LogP contribution in [0.4, 0.5) is 0 Å². The SMILES string of the molecule is CCO[Si](OCC)OCc1ccccc1CC.